The minimum absolute atomic E-state index is 0.174. The highest BCUT2D eigenvalue weighted by molar-refractivity contribution is 6.14. The third-order valence-electron chi connectivity index (χ3n) is 11.2. The molecule has 3 aromatic heterocycles. The van der Waals surface area contributed by atoms with E-state index < -0.39 is 0 Å². The van der Waals surface area contributed by atoms with E-state index in [9.17, 15) is 0 Å². The highest BCUT2D eigenvalue weighted by atomic mass is 15.2. The zero-order chi connectivity index (χ0) is 35.3. The summed E-state index contributed by atoms with van der Waals surface area (Å²) in [6, 6.07) is 58.0. The summed E-state index contributed by atoms with van der Waals surface area (Å²) < 4.78 is 4.57. The van der Waals surface area contributed by atoms with Crippen LogP contribution >= 0.6 is 0 Å². The lowest BCUT2D eigenvalue weighted by Gasteiger charge is -2.22. The number of fused-ring (bicyclic) bond motifs is 10. The highest BCUT2D eigenvalue weighted by Crippen LogP contribution is 2.53. The zero-order valence-corrected chi connectivity index (χ0v) is 29.3. The molecular weight excluding hydrogens is 647 g/mol. The van der Waals surface area contributed by atoms with Crippen LogP contribution in [0.5, 0.6) is 0 Å². The molecule has 1 aliphatic rings. The van der Waals surface area contributed by atoms with E-state index in [-0.39, 0.29) is 5.41 Å². The number of rotatable bonds is 4. The van der Waals surface area contributed by atoms with E-state index in [1.54, 1.807) is 0 Å². The van der Waals surface area contributed by atoms with Gasteiger partial charge in [0.05, 0.1) is 22.1 Å². The van der Waals surface area contributed by atoms with Crippen LogP contribution in [0, 0.1) is 0 Å². The first-order valence-corrected chi connectivity index (χ1v) is 18.1. The molecule has 5 nitrogen and oxygen atoms in total. The van der Waals surface area contributed by atoms with Crippen molar-refractivity contribution in [2.75, 3.05) is 0 Å². The standard InChI is InChI=1S/C48H33N5/c1-48(2)38-23-10-6-19-33(38)36-27-28-42-43(44(36)48)37-22-9-13-26-41(37)53(42)47-50-45(30-15-4-3-5-16-30)49-46(51-47)31-17-14-18-32(29-31)52-39-24-11-7-20-34(39)35-21-8-12-25-40(35)52/h3-29H,1-2H3. The molecule has 0 aliphatic heterocycles. The lowest BCUT2D eigenvalue weighted by atomic mass is 9.80. The van der Waals surface area contributed by atoms with Crippen LogP contribution in [0.2, 0.25) is 0 Å². The molecule has 5 heteroatoms. The molecule has 0 saturated heterocycles. The maximum Gasteiger partial charge on any atom is 0.238 e. The van der Waals surface area contributed by atoms with Gasteiger partial charge in [-0.2, -0.15) is 9.97 Å². The molecule has 0 saturated carbocycles. The molecule has 0 amide bonds. The molecule has 0 atom stereocenters. The van der Waals surface area contributed by atoms with Crippen LogP contribution in [0.15, 0.2) is 164 Å². The second-order valence-corrected chi connectivity index (χ2v) is 14.5. The zero-order valence-electron chi connectivity index (χ0n) is 29.3. The molecule has 0 unspecified atom stereocenters. The summed E-state index contributed by atoms with van der Waals surface area (Å²) >= 11 is 0. The van der Waals surface area contributed by atoms with Crippen molar-refractivity contribution in [3.8, 4) is 45.5 Å². The van der Waals surface area contributed by atoms with Crippen molar-refractivity contribution >= 4 is 43.6 Å². The fourth-order valence-electron chi connectivity index (χ4n) is 8.84. The summed E-state index contributed by atoms with van der Waals surface area (Å²) in [6.07, 6.45) is 0. The first kappa shape index (κ1) is 29.8. The van der Waals surface area contributed by atoms with E-state index in [1.165, 1.54) is 43.8 Å². The quantitative estimate of drug-likeness (QED) is 0.186. The minimum atomic E-state index is -0.174. The molecule has 3 heterocycles. The van der Waals surface area contributed by atoms with Gasteiger partial charge in [0.2, 0.25) is 5.95 Å². The average Bonchev–Trinajstić information content (AvgIpc) is 3.81. The lowest BCUT2D eigenvalue weighted by Crippen LogP contribution is -2.15. The topological polar surface area (TPSA) is 48.5 Å². The Morgan fingerprint density at radius 1 is 0.434 bits per heavy atom. The van der Waals surface area contributed by atoms with Crippen molar-refractivity contribution in [3.05, 3.63) is 175 Å². The van der Waals surface area contributed by atoms with Gasteiger partial charge in [-0.3, -0.25) is 4.57 Å². The fourth-order valence-corrected chi connectivity index (χ4v) is 8.84. The normalized spacial score (nSPS) is 13.2. The van der Waals surface area contributed by atoms with Gasteiger partial charge in [-0.1, -0.05) is 141 Å². The van der Waals surface area contributed by atoms with Crippen LogP contribution in [-0.4, -0.2) is 24.1 Å². The van der Waals surface area contributed by atoms with E-state index in [0.29, 0.717) is 17.6 Å². The molecular formula is C48H33N5. The van der Waals surface area contributed by atoms with Gasteiger partial charge in [0.15, 0.2) is 11.6 Å². The van der Waals surface area contributed by atoms with Crippen molar-refractivity contribution in [3.63, 3.8) is 0 Å². The average molecular weight is 680 g/mol. The lowest BCUT2D eigenvalue weighted by molar-refractivity contribution is 0.666. The predicted molar refractivity (Wildman–Crippen MR) is 217 cm³/mol. The van der Waals surface area contributed by atoms with Crippen molar-refractivity contribution in [2.45, 2.75) is 19.3 Å². The van der Waals surface area contributed by atoms with Gasteiger partial charge in [-0.15, -0.1) is 0 Å². The molecule has 0 fully saturated rings. The molecule has 0 bridgehead atoms. The Morgan fingerprint density at radius 2 is 1.02 bits per heavy atom. The second-order valence-electron chi connectivity index (χ2n) is 14.5. The summed E-state index contributed by atoms with van der Waals surface area (Å²) in [7, 11) is 0. The Bertz CT molecular complexity index is 3040. The van der Waals surface area contributed by atoms with E-state index in [0.717, 1.165) is 38.9 Å². The Morgan fingerprint density at radius 3 is 1.75 bits per heavy atom. The Hall–Kier alpha value is -6.85. The largest absolute Gasteiger partial charge is 0.309 e. The molecule has 250 valence electrons. The van der Waals surface area contributed by atoms with Crippen molar-refractivity contribution < 1.29 is 0 Å². The van der Waals surface area contributed by atoms with Crippen LogP contribution in [0.3, 0.4) is 0 Å². The maximum atomic E-state index is 5.32. The van der Waals surface area contributed by atoms with E-state index in [4.69, 9.17) is 15.0 Å². The first-order chi connectivity index (χ1) is 26.1. The van der Waals surface area contributed by atoms with Gasteiger partial charge in [0.25, 0.3) is 0 Å². The number of benzene rings is 7. The summed E-state index contributed by atoms with van der Waals surface area (Å²) in [6.45, 7) is 4.70. The molecule has 0 spiro atoms. The molecule has 0 radical (unpaired) electrons. The first-order valence-electron chi connectivity index (χ1n) is 18.1. The maximum absolute atomic E-state index is 5.32. The minimum Gasteiger partial charge on any atom is -0.309 e. The predicted octanol–water partition coefficient (Wildman–Crippen LogP) is 11.7. The SMILES string of the molecule is CC1(C)c2ccccc2-c2ccc3c(c21)c1ccccc1n3-c1nc(-c2ccccc2)nc(-c2cccc(-n3c4ccccc4c4ccccc43)c2)n1. The molecule has 7 aromatic carbocycles. The molecule has 0 N–H and O–H groups in total. The van der Waals surface area contributed by atoms with Gasteiger partial charge < -0.3 is 4.57 Å². The molecule has 11 rings (SSSR count). The van der Waals surface area contributed by atoms with Crippen molar-refractivity contribution in [1.82, 2.24) is 24.1 Å². The third kappa shape index (κ3) is 4.28. The Labute approximate surface area is 306 Å². The Balaban J connectivity index is 1.17. The van der Waals surface area contributed by atoms with Crippen molar-refractivity contribution in [2.24, 2.45) is 0 Å². The van der Waals surface area contributed by atoms with E-state index >= 15 is 0 Å². The van der Waals surface area contributed by atoms with Crippen LogP contribution < -0.4 is 0 Å². The molecule has 1 aliphatic carbocycles. The monoisotopic (exact) mass is 679 g/mol. The van der Waals surface area contributed by atoms with Gasteiger partial charge >= 0.3 is 0 Å². The molecule has 53 heavy (non-hydrogen) atoms. The fraction of sp³-hybridized carbons (Fsp3) is 0.0625. The van der Waals surface area contributed by atoms with Crippen LogP contribution in [0.1, 0.15) is 25.0 Å². The van der Waals surface area contributed by atoms with Crippen LogP contribution in [-0.2, 0) is 5.41 Å². The third-order valence-corrected chi connectivity index (χ3v) is 11.2. The second kappa shape index (κ2) is 11.1. The van der Waals surface area contributed by atoms with Crippen LogP contribution in [0.4, 0.5) is 0 Å². The summed E-state index contributed by atoms with van der Waals surface area (Å²) in [5, 5.41) is 4.89. The number of nitrogens with zero attached hydrogens (tertiary/aromatic N) is 5. The van der Waals surface area contributed by atoms with Gasteiger partial charge in [-0.05, 0) is 58.7 Å². The highest BCUT2D eigenvalue weighted by Gasteiger charge is 2.38. The number of aromatic nitrogens is 5. The van der Waals surface area contributed by atoms with Gasteiger partial charge in [0.1, 0.15) is 0 Å². The summed E-state index contributed by atoms with van der Waals surface area (Å²) in [4.78, 5) is 15.7. The number of hydrogen-bond acceptors (Lipinski definition) is 3. The van der Waals surface area contributed by atoms with Gasteiger partial charge in [-0.25, -0.2) is 4.98 Å². The Kier molecular flexibility index (Phi) is 6.23. The summed E-state index contributed by atoms with van der Waals surface area (Å²) in [5.74, 6) is 1.85. The van der Waals surface area contributed by atoms with Gasteiger partial charge in [0, 0.05) is 43.8 Å². The van der Waals surface area contributed by atoms with Crippen molar-refractivity contribution in [1.29, 1.82) is 0 Å². The number of para-hydroxylation sites is 3. The van der Waals surface area contributed by atoms with Crippen LogP contribution in [0.25, 0.3) is 89.2 Å². The van der Waals surface area contributed by atoms with E-state index in [2.05, 4.69) is 169 Å². The molecule has 10 aromatic rings. The number of hydrogen-bond donors (Lipinski definition) is 0. The van der Waals surface area contributed by atoms with E-state index in [1.807, 2.05) is 18.2 Å². The summed E-state index contributed by atoms with van der Waals surface area (Å²) in [5.41, 5.74) is 12.5. The smallest absolute Gasteiger partial charge is 0.238 e.